The molecule has 1 fully saturated rings. The first-order valence-corrected chi connectivity index (χ1v) is 7.32. The molecule has 110 valence electrons. The maximum atomic E-state index is 12.3. The molecule has 1 aliphatic carbocycles. The van der Waals surface area contributed by atoms with Gasteiger partial charge in [0.05, 0.1) is 12.1 Å². The molecule has 1 amide bonds. The van der Waals surface area contributed by atoms with Crippen molar-refractivity contribution in [1.29, 1.82) is 0 Å². The van der Waals surface area contributed by atoms with Crippen LogP contribution in [-0.2, 0) is 11.3 Å². The van der Waals surface area contributed by atoms with E-state index in [9.17, 15) is 4.79 Å². The van der Waals surface area contributed by atoms with Gasteiger partial charge in [-0.1, -0.05) is 25.0 Å². The van der Waals surface area contributed by atoms with E-state index in [0.717, 1.165) is 36.9 Å². The second-order valence-electron chi connectivity index (χ2n) is 5.72. The molecule has 1 aliphatic rings. The Bertz CT molecular complexity index is 615. The van der Waals surface area contributed by atoms with E-state index in [1.54, 1.807) is 6.20 Å². The summed E-state index contributed by atoms with van der Waals surface area (Å²) < 4.78 is 1.85. The van der Waals surface area contributed by atoms with Crippen LogP contribution in [0.1, 0.15) is 31.2 Å². The lowest BCUT2D eigenvalue weighted by atomic mass is 9.98. The van der Waals surface area contributed by atoms with Crippen LogP contribution in [0, 0.1) is 0 Å². The van der Waals surface area contributed by atoms with Crippen LogP contribution < -0.4 is 11.1 Å². The Morgan fingerprint density at radius 2 is 2.14 bits per heavy atom. The van der Waals surface area contributed by atoms with Crippen molar-refractivity contribution in [1.82, 2.24) is 9.78 Å². The van der Waals surface area contributed by atoms with Crippen LogP contribution in [0.4, 0.5) is 5.69 Å². The lowest BCUT2D eigenvalue weighted by Gasteiger charge is -2.22. The van der Waals surface area contributed by atoms with Crippen molar-refractivity contribution in [3.63, 3.8) is 0 Å². The summed E-state index contributed by atoms with van der Waals surface area (Å²) in [5, 5.41) is 7.14. The van der Waals surface area contributed by atoms with Crippen LogP contribution in [0.15, 0.2) is 42.7 Å². The minimum Gasteiger partial charge on any atom is -0.324 e. The topological polar surface area (TPSA) is 72.9 Å². The maximum Gasteiger partial charge on any atom is 0.244 e. The molecule has 21 heavy (non-hydrogen) atoms. The normalized spacial score (nSPS) is 16.8. The summed E-state index contributed by atoms with van der Waals surface area (Å²) in [4.78, 5) is 12.3. The van der Waals surface area contributed by atoms with E-state index in [2.05, 4.69) is 10.4 Å². The molecular weight excluding hydrogens is 264 g/mol. The molecule has 0 saturated heterocycles. The van der Waals surface area contributed by atoms with E-state index in [1.165, 1.54) is 0 Å². The first-order valence-electron chi connectivity index (χ1n) is 7.32. The highest BCUT2D eigenvalue weighted by Gasteiger charge is 2.36. The molecule has 5 heteroatoms. The van der Waals surface area contributed by atoms with Gasteiger partial charge in [0.25, 0.3) is 0 Å². The second kappa shape index (κ2) is 5.69. The van der Waals surface area contributed by atoms with Crippen molar-refractivity contribution in [3.8, 4) is 0 Å². The van der Waals surface area contributed by atoms with Gasteiger partial charge in [-0.05, 0) is 36.6 Å². The Kier molecular flexibility index (Phi) is 3.75. The predicted molar refractivity (Wildman–Crippen MR) is 81.8 cm³/mol. The summed E-state index contributed by atoms with van der Waals surface area (Å²) in [6.07, 6.45) is 7.27. The van der Waals surface area contributed by atoms with E-state index >= 15 is 0 Å². The first kappa shape index (κ1) is 13.8. The summed E-state index contributed by atoms with van der Waals surface area (Å²) in [7, 11) is 0. The fourth-order valence-corrected chi connectivity index (χ4v) is 2.82. The van der Waals surface area contributed by atoms with Gasteiger partial charge in [0.15, 0.2) is 0 Å². The molecule has 1 aromatic heterocycles. The third-order valence-electron chi connectivity index (χ3n) is 4.04. The Labute approximate surface area is 124 Å². The number of rotatable bonds is 4. The van der Waals surface area contributed by atoms with E-state index in [0.29, 0.717) is 6.54 Å². The Morgan fingerprint density at radius 3 is 2.86 bits per heavy atom. The molecule has 0 spiro atoms. The van der Waals surface area contributed by atoms with Gasteiger partial charge in [-0.3, -0.25) is 9.48 Å². The molecule has 3 N–H and O–H groups in total. The third-order valence-corrected chi connectivity index (χ3v) is 4.04. The Hall–Kier alpha value is -2.14. The molecule has 0 aliphatic heterocycles. The lowest BCUT2D eigenvalue weighted by Crippen LogP contribution is -2.48. The highest BCUT2D eigenvalue weighted by atomic mass is 16.2. The molecule has 0 bridgehead atoms. The van der Waals surface area contributed by atoms with Gasteiger partial charge in [-0.2, -0.15) is 5.10 Å². The summed E-state index contributed by atoms with van der Waals surface area (Å²) in [5.74, 6) is -0.0729. The van der Waals surface area contributed by atoms with Gasteiger partial charge in [-0.15, -0.1) is 0 Å². The first-order chi connectivity index (χ1) is 10.2. The van der Waals surface area contributed by atoms with Gasteiger partial charge < -0.3 is 11.1 Å². The predicted octanol–water partition coefficient (Wildman–Crippen LogP) is 2.14. The van der Waals surface area contributed by atoms with Crippen LogP contribution in [0.25, 0.3) is 0 Å². The minimum absolute atomic E-state index is 0.0729. The van der Waals surface area contributed by atoms with E-state index in [4.69, 9.17) is 5.73 Å². The SMILES string of the molecule is NC1(C(=O)Nc2cccc(Cn3cccn3)c2)CCCC1. The van der Waals surface area contributed by atoms with Crippen LogP contribution in [0.5, 0.6) is 0 Å². The molecule has 2 aromatic rings. The fourth-order valence-electron chi connectivity index (χ4n) is 2.82. The van der Waals surface area contributed by atoms with Crippen LogP contribution >= 0.6 is 0 Å². The van der Waals surface area contributed by atoms with Crippen molar-refractivity contribution >= 4 is 11.6 Å². The van der Waals surface area contributed by atoms with Gasteiger partial charge in [0.1, 0.15) is 0 Å². The van der Waals surface area contributed by atoms with E-state index in [1.807, 2.05) is 41.2 Å². The van der Waals surface area contributed by atoms with Gasteiger partial charge in [0.2, 0.25) is 5.91 Å². The van der Waals surface area contributed by atoms with Crippen molar-refractivity contribution in [2.45, 2.75) is 37.8 Å². The monoisotopic (exact) mass is 284 g/mol. The number of carbonyl (C=O) groups excluding carboxylic acids is 1. The second-order valence-corrected chi connectivity index (χ2v) is 5.72. The molecule has 0 radical (unpaired) electrons. The van der Waals surface area contributed by atoms with Gasteiger partial charge in [-0.25, -0.2) is 0 Å². The third kappa shape index (κ3) is 3.13. The number of aromatic nitrogens is 2. The number of hydrogen-bond acceptors (Lipinski definition) is 3. The summed E-state index contributed by atoms with van der Waals surface area (Å²) >= 11 is 0. The number of nitrogens with zero attached hydrogens (tertiary/aromatic N) is 2. The fraction of sp³-hybridized carbons (Fsp3) is 0.375. The minimum atomic E-state index is -0.696. The van der Waals surface area contributed by atoms with E-state index < -0.39 is 5.54 Å². The van der Waals surface area contributed by atoms with Crippen LogP contribution in [0.3, 0.4) is 0 Å². The highest BCUT2D eigenvalue weighted by Crippen LogP contribution is 2.28. The molecule has 3 rings (SSSR count). The van der Waals surface area contributed by atoms with Crippen molar-refractivity contribution < 1.29 is 4.79 Å². The Morgan fingerprint density at radius 1 is 1.33 bits per heavy atom. The number of amides is 1. The molecule has 5 nitrogen and oxygen atoms in total. The highest BCUT2D eigenvalue weighted by molar-refractivity contribution is 5.98. The zero-order valence-corrected chi connectivity index (χ0v) is 12.0. The molecule has 1 aromatic carbocycles. The van der Waals surface area contributed by atoms with Gasteiger partial charge >= 0.3 is 0 Å². The molecule has 1 heterocycles. The number of anilines is 1. The molecule has 1 saturated carbocycles. The zero-order chi connectivity index (χ0) is 14.7. The summed E-state index contributed by atoms with van der Waals surface area (Å²) in [5.41, 5.74) is 7.36. The smallest absolute Gasteiger partial charge is 0.244 e. The number of nitrogens with two attached hydrogens (primary N) is 1. The number of benzene rings is 1. The molecule has 0 atom stereocenters. The van der Waals surface area contributed by atoms with Crippen molar-refractivity contribution in [3.05, 3.63) is 48.3 Å². The summed E-state index contributed by atoms with van der Waals surface area (Å²) in [6.45, 7) is 0.685. The molecular formula is C16H20N4O. The summed E-state index contributed by atoms with van der Waals surface area (Å²) in [6, 6.07) is 9.71. The standard InChI is InChI=1S/C16H20N4O/c17-16(7-1-2-8-16)15(21)19-14-6-3-5-13(11-14)12-20-10-4-9-18-20/h3-6,9-11H,1-2,7-8,12,17H2,(H,19,21). The maximum absolute atomic E-state index is 12.3. The van der Waals surface area contributed by atoms with Crippen LogP contribution in [0.2, 0.25) is 0 Å². The quantitative estimate of drug-likeness (QED) is 0.903. The van der Waals surface area contributed by atoms with E-state index in [-0.39, 0.29) is 5.91 Å². The zero-order valence-electron chi connectivity index (χ0n) is 12.0. The average molecular weight is 284 g/mol. The van der Waals surface area contributed by atoms with Crippen molar-refractivity contribution in [2.75, 3.05) is 5.32 Å². The number of carbonyl (C=O) groups is 1. The number of nitrogens with one attached hydrogen (secondary N) is 1. The average Bonchev–Trinajstić information content (AvgIpc) is 3.12. The number of hydrogen-bond donors (Lipinski definition) is 2. The van der Waals surface area contributed by atoms with Crippen LogP contribution in [-0.4, -0.2) is 21.2 Å². The largest absolute Gasteiger partial charge is 0.324 e. The van der Waals surface area contributed by atoms with Crippen molar-refractivity contribution in [2.24, 2.45) is 5.73 Å². The van der Waals surface area contributed by atoms with Gasteiger partial charge in [0, 0.05) is 18.1 Å². The Balaban J connectivity index is 1.69. The molecule has 0 unspecified atom stereocenters. The lowest BCUT2D eigenvalue weighted by molar-refractivity contribution is -0.121.